The van der Waals surface area contributed by atoms with Gasteiger partial charge in [0.05, 0.1) is 17.8 Å². The van der Waals surface area contributed by atoms with Crippen molar-refractivity contribution in [3.8, 4) is 0 Å². The Morgan fingerprint density at radius 2 is 1.91 bits per heavy atom. The minimum Gasteiger partial charge on any atom is -0.325 e. The van der Waals surface area contributed by atoms with Crippen LogP contribution in [-0.4, -0.2) is 38.9 Å². The maximum absolute atomic E-state index is 12.6. The molecular weight excluding hydrogens is 432 g/mol. The van der Waals surface area contributed by atoms with Gasteiger partial charge in [0.15, 0.2) is 5.17 Å². The number of nitrogens with zero attached hydrogens (tertiary/aromatic N) is 3. The van der Waals surface area contributed by atoms with Gasteiger partial charge in [-0.15, -0.1) is 0 Å². The van der Waals surface area contributed by atoms with Gasteiger partial charge in [-0.1, -0.05) is 53.7 Å². The number of carbonyl (C=O) groups excluding carboxylic acids is 1. The number of rotatable bonds is 4. The molecule has 0 aliphatic carbocycles. The summed E-state index contributed by atoms with van der Waals surface area (Å²) in [5.74, 6) is 0.284. The second-order valence-electron chi connectivity index (χ2n) is 9.03. The van der Waals surface area contributed by atoms with Crippen LogP contribution in [0.3, 0.4) is 0 Å². The number of amides is 1. The lowest BCUT2D eigenvalue weighted by Crippen LogP contribution is -2.54. The molecule has 3 heterocycles. The molecule has 1 fully saturated rings. The molecule has 0 radical (unpaired) electrons. The molecule has 1 amide bonds. The van der Waals surface area contributed by atoms with Crippen LogP contribution in [0.2, 0.25) is 0 Å². The van der Waals surface area contributed by atoms with Crippen molar-refractivity contribution in [3.63, 3.8) is 0 Å². The van der Waals surface area contributed by atoms with Gasteiger partial charge in [0, 0.05) is 18.1 Å². The van der Waals surface area contributed by atoms with Crippen molar-refractivity contribution in [2.24, 2.45) is 5.10 Å². The molecule has 1 saturated heterocycles. The quantitative estimate of drug-likeness (QED) is 0.640. The number of nitrogens with one attached hydrogen (secondary N) is 3. The summed E-state index contributed by atoms with van der Waals surface area (Å²) >= 11 is 1.46. The van der Waals surface area contributed by atoms with E-state index < -0.39 is 0 Å². The number of hydrazine groups is 1. The Hall–Kier alpha value is -2.97. The monoisotopic (exact) mass is 462 g/mol. The van der Waals surface area contributed by atoms with Gasteiger partial charge in [0.2, 0.25) is 5.91 Å². The smallest absolute Gasteiger partial charge is 0.234 e. The maximum atomic E-state index is 12.6. The van der Waals surface area contributed by atoms with Gasteiger partial charge < -0.3 is 15.2 Å². The average Bonchev–Trinajstić information content (AvgIpc) is 3.40. The molecule has 8 heteroatoms. The molecule has 3 unspecified atom stereocenters. The first kappa shape index (κ1) is 21.9. The van der Waals surface area contributed by atoms with Gasteiger partial charge in [-0.3, -0.25) is 10.2 Å². The highest BCUT2D eigenvalue weighted by Gasteiger charge is 2.44. The van der Waals surface area contributed by atoms with Crippen molar-refractivity contribution in [1.82, 2.24) is 20.8 Å². The van der Waals surface area contributed by atoms with Crippen LogP contribution in [0.15, 0.2) is 53.9 Å². The first-order valence-electron chi connectivity index (χ1n) is 11.3. The largest absolute Gasteiger partial charge is 0.325 e. The summed E-state index contributed by atoms with van der Waals surface area (Å²) in [5.41, 5.74) is 13.9. The Morgan fingerprint density at radius 3 is 2.70 bits per heavy atom. The minimum atomic E-state index is -0.0244. The van der Waals surface area contributed by atoms with E-state index >= 15 is 0 Å². The number of thioether (sulfide) groups is 1. The van der Waals surface area contributed by atoms with E-state index in [-0.39, 0.29) is 24.2 Å². The van der Waals surface area contributed by atoms with E-state index in [0.29, 0.717) is 5.75 Å². The number of fused-ring (bicyclic) bond motifs is 3. The van der Waals surface area contributed by atoms with Gasteiger partial charge in [-0.05, 0) is 56.4 Å². The van der Waals surface area contributed by atoms with Gasteiger partial charge >= 0.3 is 0 Å². The van der Waals surface area contributed by atoms with E-state index in [4.69, 9.17) is 0 Å². The summed E-state index contributed by atoms with van der Waals surface area (Å²) in [6.45, 7) is 8.33. The lowest BCUT2D eigenvalue weighted by atomic mass is 9.95. The average molecular weight is 463 g/mol. The molecule has 2 aromatic carbocycles. The molecule has 172 valence electrons. The van der Waals surface area contributed by atoms with Crippen molar-refractivity contribution >= 4 is 28.5 Å². The van der Waals surface area contributed by atoms with E-state index in [9.17, 15) is 4.79 Å². The van der Waals surface area contributed by atoms with Crippen LogP contribution in [0.5, 0.6) is 0 Å². The third-order valence-electron chi connectivity index (χ3n) is 6.59. The zero-order valence-corrected chi connectivity index (χ0v) is 20.2. The Kier molecular flexibility index (Phi) is 5.80. The number of carbonyl (C=O) groups is 1. The lowest BCUT2D eigenvalue weighted by molar-refractivity contribution is -0.113. The molecular formula is C25H30N6OS. The highest BCUT2D eigenvalue weighted by atomic mass is 32.2. The second-order valence-corrected chi connectivity index (χ2v) is 9.97. The molecule has 0 aromatic heterocycles. The topological polar surface area (TPSA) is 72.0 Å². The van der Waals surface area contributed by atoms with Crippen molar-refractivity contribution < 1.29 is 4.79 Å². The fourth-order valence-corrected chi connectivity index (χ4v) is 5.58. The number of benzene rings is 2. The zero-order valence-electron chi connectivity index (χ0n) is 19.4. The lowest BCUT2D eigenvalue weighted by Gasteiger charge is -2.36. The van der Waals surface area contributed by atoms with Gasteiger partial charge in [-0.25, -0.2) is 5.43 Å². The third kappa shape index (κ3) is 4.20. The fourth-order valence-electron chi connectivity index (χ4n) is 4.81. The molecule has 3 aliphatic heterocycles. The molecule has 0 saturated carbocycles. The van der Waals surface area contributed by atoms with Gasteiger partial charge in [0.1, 0.15) is 6.17 Å². The van der Waals surface area contributed by atoms with Crippen LogP contribution >= 0.6 is 11.8 Å². The summed E-state index contributed by atoms with van der Waals surface area (Å²) in [6, 6.07) is 13.2. The molecule has 3 atom stereocenters. The van der Waals surface area contributed by atoms with Crippen LogP contribution in [0.25, 0.3) is 0 Å². The van der Waals surface area contributed by atoms with E-state index in [1.165, 1.54) is 28.5 Å². The molecule has 5 rings (SSSR count). The minimum absolute atomic E-state index is 0.0244. The van der Waals surface area contributed by atoms with Crippen LogP contribution in [-0.2, 0) is 4.79 Å². The first-order valence-corrected chi connectivity index (χ1v) is 12.3. The Bertz CT molecular complexity index is 1130. The summed E-state index contributed by atoms with van der Waals surface area (Å²) in [4.78, 5) is 14.8. The predicted octanol–water partition coefficient (Wildman–Crippen LogP) is 3.90. The SMILES string of the molecule is Cc1ccc(C)c(C2CC3C4NN=C(SCC(=O)Nc5c(C)cccc5C)N4C=CN3N2)c1. The molecule has 7 nitrogen and oxygen atoms in total. The van der Waals surface area contributed by atoms with Crippen molar-refractivity contribution in [1.29, 1.82) is 0 Å². The second kappa shape index (κ2) is 8.76. The summed E-state index contributed by atoms with van der Waals surface area (Å²) in [7, 11) is 0. The van der Waals surface area contributed by atoms with Crippen molar-refractivity contribution in [3.05, 3.63) is 76.6 Å². The first-order chi connectivity index (χ1) is 15.9. The predicted molar refractivity (Wildman–Crippen MR) is 134 cm³/mol. The summed E-state index contributed by atoms with van der Waals surface area (Å²) in [5, 5.41) is 10.6. The highest BCUT2D eigenvalue weighted by molar-refractivity contribution is 8.14. The number of anilines is 1. The van der Waals surface area contributed by atoms with Crippen molar-refractivity contribution in [2.75, 3.05) is 11.1 Å². The van der Waals surface area contributed by atoms with E-state index in [1.807, 2.05) is 38.2 Å². The van der Waals surface area contributed by atoms with Crippen molar-refractivity contribution in [2.45, 2.75) is 52.4 Å². The fraction of sp³-hybridized carbons (Fsp3) is 0.360. The van der Waals surface area contributed by atoms with Crippen LogP contribution in [0, 0.1) is 27.7 Å². The molecule has 33 heavy (non-hydrogen) atoms. The Labute approximate surface area is 199 Å². The summed E-state index contributed by atoms with van der Waals surface area (Å²) < 4.78 is 0. The standard InChI is InChI=1S/C25H30N6OS/c1-15-8-9-16(2)19(12-15)20-13-21-24-27-28-25(30(24)10-11-31(21)29-20)33-14-22(32)26-23-17(3)6-5-7-18(23)4/h5-12,20-21,24,27,29H,13-14H2,1-4H3,(H,26,32). The van der Waals surface area contributed by atoms with E-state index in [1.54, 1.807) is 0 Å². The third-order valence-corrected chi connectivity index (χ3v) is 7.56. The summed E-state index contributed by atoms with van der Waals surface area (Å²) in [6.07, 6.45) is 5.13. The normalized spacial score (nSPS) is 23.2. The number of aryl methyl sites for hydroxylation is 4. The molecule has 3 N–H and O–H groups in total. The Morgan fingerprint density at radius 1 is 1.12 bits per heavy atom. The van der Waals surface area contributed by atoms with E-state index in [2.05, 4.69) is 69.4 Å². The number of para-hydroxylation sites is 1. The highest BCUT2D eigenvalue weighted by Crippen LogP contribution is 2.36. The molecule has 0 bridgehead atoms. The molecule has 3 aliphatic rings. The number of amidine groups is 1. The van der Waals surface area contributed by atoms with Gasteiger partial charge in [0.25, 0.3) is 0 Å². The Balaban J connectivity index is 1.21. The number of hydrogen-bond acceptors (Lipinski definition) is 7. The number of hydrogen-bond donors (Lipinski definition) is 3. The van der Waals surface area contributed by atoms with Crippen LogP contribution < -0.4 is 16.2 Å². The van der Waals surface area contributed by atoms with Crippen LogP contribution in [0.4, 0.5) is 5.69 Å². The molecule has 2 aromatic rings. The maximum Gasteiger partial charge on any atom is 0.234 e. The van der Waals surface area contributed by atoms with E-state index in [0.717, 1.165) is 28.4 Å². The zero-order chi connectivity index (χ0) is 23.1. The molecule has 0 spiro atoms. The van der Waals surface area contributed by atoms with Crippen LogP contribution in [0.1, 0.15) is 40.3 Å². The number of hydrazone groups is 1. The van der Waals surface area contributed by atoms with Gasteiger partial charge in [-0.2, -0.15) is 5.10 Å².